The van der Waals surface area contributed by atoms with Crippen molar-refractivity contribution in [3.8, 4) is 5.75 Å². The number of ether oxygens (including phenoxy) is 1. The summed E-state index contributed by atoms with van der Waals surface area (Å²) in [6.45, 7) is 5.43. The van der Waals surface area contributed by atoms with Gasteiger partial charge in [-0.2, -0.15) is 0 Å². The molecule has 104 valence electrons. The number of halogens is 1. The Morgan fingerprint density at radius 2 is 1.75 bits per heavy atom. The third-order valence-corrected chi connectivity index (χ3v) is 3.26. The minimum Gasteiger partial charge on any atom is -0.496 e. The van der Waals surface area contributed by atoms with Gasteiger partial charge in [0.2, 0.25) is 0 Å². The lowest BCUT2D eigenvalue weighted by molar-refractivity contribution is 0.103. The van der Waals surface area contributed by atoms with Crippen LogP contribution in [0.25, 0.3) is 0 Å². The van der Waals surface area contributed by atoms with Gasteiger partial charge in [0.05, 0.1) is 18.2 Å². The molecular formula is C17H17FO2. The average molecular weight is 272 g/mol. The van der Waals surface area contributed by atoms with E-state index in [-0.39, 0.29) is 11.3 Å². The maximum absolute atomic E-state index is 14.1. The van der Waals surface area contributed by atoms with E-state index in [2.05, 4.69) is 0 Å². The van der Waals surface area contributed by atoms with Crippen molar-refractivity contribution in [1.82, 2.24) is 0 Å². The Kier molecular flexibility index (Phi) is 3.89. The number of carbonyl (C=O) groups excluding carboxylic acids is 1. The van der Waals surface area contributed by atoms with Gasteiger partial charge in [-0.15, -0.1) is 0 Å². The van der Waals surface area contributed by atoms with Crippen molar-refractivity contribution in [2.75, 3.05) is 7.11 Å². The third-order valence-electron chi connectivity index (χ3n) is 3.26. The molecule has 0 radical (unpaired) electrons. The molecule has 2 nitrogen and oxygen atoms in total. The Balaban J connectivity index is 2.60. The molecule has 0 heterocycles. The average Bonchev–Trinajstić information content (AvgIpc) is 2.37. The van der Waals surface area contributed by atoms with Crippen LogP contribution in [0.1, 0.15) is 32.6 Å². The van der Waals surface area contributed by atoms with Gasteiger partial charge in [-0.1, -0.05) is 17.7 Å². The molecule has 3 heteroatoms. The van der Waals surface area contributed by atoms with Crippen molar-refractivity contribution in [2.24, 2.45) is 0 Å². The molecule has 0 aliphatic rings. The number of hydrogen-bond acceptors (Lipinski definition) is 2. The zero-order valence-corrected chi connectivity index (χ0v) is 12.1. The van der Waals surface area contributed by atoms with Gasteiger partial charge < -0.3 is 4.74 Å². The lowest BCUT2D eigenvalue weighted by Crippen LogP contribution is -2.09. The molecule has 0 aromatic heterocycles. The van der Waals surface area contributed by atoms with E-state index in [9.17, 15) is 9.18 Å². The van der Waals surface area contributed by atoms with Gasteiger partial charge in [0.25, 0.3) is 0 Å². The first kappa shape index (κ1) is 14.3. The Bertz CT molecular complexity index is 652. The molecule has 0 aliphatic carbocycles. The van der Waals surface area contributed by atoms with Gasteiger partial charge in [-0.05, 0) is 50.1 Å². The van der Waals surface area contributed by atoms with Gasteiger partial charge >= 0.3 is 0 Å². The summed E-state index contributed by atoms with van der Waals surface area (Å²) in [6.07, 6.45) is 0. The second-order valence-corrected chi connectivity index (χ2v) is 4.97. The van der Waals surface area contributed by atoms with Crippen LogP contribution in [0.3, 0.4) is 0 Å². The summed E-state index contributed by atoms with van der Waals surface area (Å²) in [4.78, 5) is 12.6. The fourth-order valence-corrected chi connectivity index (χ4v) is 2.34. The summed E-state index contributed by atoms with van der Waals surface area (Å²) in [6, 6.07) is 8.49. The Morgan fingerprint density at radius 1 is 1.05 bits per heavy atom. The number of aryl methyl sites for hydroxylation is 3. The lowest BCUT2D eigenvalue weighted by Gasteiger charge is -2.11. The predicted octanol–water partition coefficient (Wildman–Crippen LogP) is 3.99. The maximum atomic E-state index is 14.1. The second-order valence-electron chi connectivity index (χ2n) is 4.97. The third kappa shape index (κ3) is 2.57. The van der Waals surface area contributed by atoms with Crippen molar-refractivity contribution in [3.63, 3.8) is 0 Å². The minimum atomic E-state index is -0.490. The van der Waals surface area contributed by atoms with Crippen molar-refractivity contribution in [3.05, 3.63) is 64.0 Å². The zero-order chi connectivity index (χ0) is 14.9. The molecule has 0 bridgehead atoms. The molecule has 0 fully saturated rings. The highest BCUT2D eigenvalue weighted by Crippen LogP contribution is 2.26. The molecular weight excluding hydrogens is 255 g/mol. The van der Waals surface area contributed by atoms with E-state index in [1.165, 1.54) is 13.2 Å². The van der Waals surface area contributed by atoms with Crippen molar-refractivity contribution in [1.29, 1.82) is 0 Å². The molecule has 0 spiro atoms. The summed E-state index contributed by atoms with van der Waals surface area (Å²) in [5.74, 6) is -0.378. The fourth-order valence-electron chi connectivity index (χ4n) is 2.34. The van der Waals surface area contributed by atoms with Crippen LogP contribution in [0, 0.1) is 26.6 Å². The van der Waals surface area contributed by atoms with Crippen LogP contribution < -0.4 is 4.74 Å². The zero-order valence-electron chi connectivity index (χ0n) is 12.1. The number of methoxy groups -OCH3 is 1. The van der Waals surface area contributed by atoms with Crippen molar-refractivity contribution >= 4 is 5.78 Å². The number of hydrogen-bond donors (Lipinski definition) is 0. The lowest BCUT2D eigenvalue weighted by atomic mass is 9.95. The van der Waals surface area contributed by atoms with Crippen molar-refractivity contribution < 1.29 is 13.9 Å². The van der Waals surface area contributed by atoms with Crippen LogP contribution in [-0.2, 0) is 0 Å². The van der Waals surface area contributed by atoms with E-state index in [1.54, 1.807) is 32.0 Å². The van der Waals surface area contributed by atoms with Crippen molar-refractivity contribution in [2.45, 2.75) is 20.8 Å². The fraction of sp³-hybridized carbons (Fsp3) is 0.235. The maximum Gasteiger partial charge on any atom is 0.199 e. The normalized spacial score (nSPS) is 10.4. The number of rotatable bonds is 3. The Labute approximate surface area is 118 Å². The quantitative estimate of drug-likeness (QED) is 0.790. The first-order valence-electron chi connectivity index (χ1n) is 6.40. The van der Waals surface area contributed by atoms with E-state index in [1.807, 2.05) is 13.0 Å². The highest BCUT2D eigenvalue weighted by molar-refractivity contribution is 6.11. The van der Waals surface area contributed by atoms with Crippen LogP contribution in [0.2, 0.25) is 0 Å². The number of benzene rings is 2. The largest absolute Gasteiger partial charge is 0.496 e. The molecule has 0 aliphatic heterocycles. The van der Waals surface area contributed by atoms with E-state index in [0.717, 1.165) is 11.1 Å². The molecule has 0 atom stereocenters. The topological polar surface area (TPSA) is 26.3 Å². The molecule has 0 saturated carbocycles. The van der Waals surface area contributed by atoms with Crippen LogP contribution in [0.5, 0.6) is 5.75 Å². The predicted molar refractivity (Wildman–Crippen MR) is 77.0 cm³/mol. The SMILES string of the molecule is COc1ccc(C)cc1C(=O)c1c(C)cc(C)cc1F. The molecule has 2 rings (SSSR count). The van der Waals surface area contributed by atoms with E-state index in [0.29, 0.717) is 16.9 Å². The van der Waals surface area contributed by atoms with Gasteiger partial charge in [0.15, 0.2) is 5.78 Å². The first-order valence-corrected chi connectivity index (χ1v) is 6.40. The van der Waals surface area contributed by atoms with Gasteiger partial charge in [-0.25, -0.2) is 4.39 Å². The monoisotopic (exact) mass is 272 g/mol. The van der Waals surface area contributed by atoms with Crippen LogP contribution >= 0.6 is 0 Å². The van der Waals surface area contributed by atoms with Gasteiger partial charge in [-0.3, -0.25) is 4.79 Å². The summed E-state index contributed by atoms with van der Waals surface area (Å²) < 4.78 is 19.3. The van der Waals surface area contributed by atoms with E-state index >= 15 is 0 Å². The molecule has 0 saturated heterocycles. The molecule has 2 aromatic carbocycles. The minimum absolute atomic E-state index is 0.111. The van der Waals surface area contributed by atoms with Gasteiger partial charge in [0, 0.05) is 0 Å². The van der Waals surface area contributed by atoms with Gasteiger partial charge in [0.1, 0.15) is 11.6 Å². The summed E-state index contributed by atoms with van der Waals surface area (Å²) in [7, 11) is 1.50. The molecule has 0 amide bonds. The second kappa shape index (κ2) is 5.45. The summed E-state index contributed by atoms with van der Waals surface area (Å²) >= 11 is 0. The standard InChI is InChI=1S/C17H17FO2/c1-10-5-6-15(20-4)13(8-10)17(19)16-12(3)7-11(2)9-14(16)18/h5-9H,1-4H3. The van der Waals surface area contributed by atoms with E-state index in [4.69, 9.17) is 4.74 Å². The summed E-state index contributed by atoms with van der Waals surface area (Å²) in [5.41, 5.74) is 2.86. The molecule has 2 aromatic rings. The van der Waals surface area contributed by atoms with Crippen LogP contribution in [0.4, 0.5) is 4.39 Å². The number of ketones is 1. The highest BCUT2D eigenvalue weighted by Gasteiger charge is 2.20. The molecule has 0 N–H and O–H groups in total. The highest BCUT2D eigenvalue weighted by atomic mass is 19.1. The molecule has 0 unspecified atom stereocenters. The molecule has 20 heavy (non-hydrogen) atoms. The van der Waals surface area contributed by atoms with E-state index < -0.39 is 5.82 Å². The van der Waals surface area contributed by atoms with Crippen LogP contribution in [-0.4, -0.2) is 12.9 Å². The van der Waals surface area contributed by atoms with Crippen LogP contribution in [0.15, 0.2) is 30.3 Å². The Hall–Kier alpha value is -2.16. The summed E-state index contributed by atoms with van der Waals surface area (Å²) in [5, 5.41) is 0. The number of carbonyl (C=O) groups is 1. The first-order chi connectivity index (χ1) is 9.43. The smallest absolute Gasteiger partial charge is 0.199 e. The Morgan fingerprint density at radius 3 is 2.35 bits per heavy atom.